The molecule has 2 saturated heterocycles. The van der Waals surface area contributed by atoms with E-state index in [0.29, 0.717) is 19.1 Å². The Kier molecular flexibility index (Phi) is 12.4. The third-order valence-electron chi connectivity index (χ3n) is 6.76. The molecule has 0 radical (unpaired) electrons. The summed E-state index contributed by atoms with van der Waals surface area (Å²) in [5.41, 5.74) is 2.55. The fourth-order valence-electron chi connectivity index (χ4n) is 4.27. The van der Waals surface area contributed by atoms with Crippen molar-refractivity contribution in [3.8, 4) is 5.75 Å². The van der Waals surface area contributed by atoms with Gasteiger partial charge in [-0.05, 0) is 49.6 Å². The van der Waals surface area contributed by atoms with Gasteiger partial charge >= 0.3 is 0 Å². The quantitative estimate of drug-likeness (QED) is 0.231. The molecule has 0 N–H and O–H groups in total. The average Bonchev–Trinajstić information content (AvgIpc) is 3.17. The number of hydrogen-bond donors (Lipinski definition) is 0. The second-order valence-electron chi connectivity index (χ2n) is 9.29. The number of rotatable bonds is 13. The number of nitrogens with zero attached hydrogens (tertiary/aromatic N) is 2. The first kappa shape index (κ1) is 27.5. The van der Waals surface area contributed by atoms with Gasteiger partial charge in [-0.1, -0.05) is 37.3 Å². The molecule has 6 heteroatoms. The molecule has 6 nitrogen and oxygen atoms in total. The van der Waals surface area contributed by atoms with Crippen molar-refractivity contribution < 1.29 is 18.9 Å². The van der Waals surface area contributed by atoms with Crippen molar-refractivity contribution in [3.63, 3.8) is 0 Å². The Labute approximate surface area is 212 Å². The molecular formula is C29H44N2O4. The Hall–Kier alpha value is -2.12. The van der Waals surface area contributed by atoms with Crippen LogP contribution in [0.25, 0.3) is 0 Å². The van der Waals surface area contributed by atoms with Gasteiger partial charge in [0, 0.05) is 51.8 Å². The average molecular weight is 485 g/mol. The van der Waals surface area contributed by atoms with Gasteiger partial charge in [-0.3, -0.25) is 4.90 Å². The summed E-state index contributed by atoms with van der Waals surface area (Å²) in [4.78, 5) is 4.84. The molecule has 0 aliphatic carbocycles. The maximum absolute atomic E-state index is 5.96. The van der Waals surface area contributed by atoms with Gasteiger partial charge in [0.2, 0.25) is 0 Å². The predicted molar refractivity (Wildman–Crippen MR) is 142 cm³/mol. The molecule has 1 aromatic carbocycles. The minimum atomic E-state index is 0.310. The summed E-state index contributed by atoms with van der Waals surface area (Å²) in [5.74, 6) is 2.05. The lowest BCUT2D eigenvalue weighted by Crippen LogP contribution is -2.38. The van der Waals surface area contributed by atoms with Gasteiger partial charge < -0.3 is 23.8 Å². The van der Waals surface area contributed by atoms with Gasteiger partial charge in [0.15, 0.2) is 0 Å². The van der Waals surface area contributed by atoms with Crippen LogP contribution >= 0.6 is 0 Å². The number of hydrogen-bond acceptors (Lipinski definition) is 6. The maximum atomic E-state index is 5.96. The predicted octanol–water partition coefficient (Wildman–Crippen LogP) is 4.65. The van der Waals surface area contributed by atoms with Crippen molar-refractivity contribution in [2.75, 3.05) is 78.9 Å². The molecule has 2 aliphatic rings. The standard InChI is InChI=1S/C29H44N2O4/c1-4-28(34-20-6-14-30-13-5-19-32-21-15-30)10-7-25(2)26(3)27-8-11-29(12-9-27)35-24-18-31-16-22-33-23-17-31/h4,7-12,26H,1,5-6,13-24H2,2-3H3/b25-7+,28-10+. The van der Waals surface area contributed by atoms with Crippen LogP contribution in [0.4, 0.5) is 0 Å². The molecule has 0 bridgehead atoms. The summed E-state index contributed by atoms with van der Waals surface area (Å²) in [6.07, 6.45) is 8.08. The summed E-state index contributed by atoms with van der Waals surface area (Å²) in [6, 6.07) is 8.47. The molecule has 0 amide bonds. The van der Waals surface area contributed by atoms with Crippen LogP contribution < -0.4 is 4.74 Å². The normalized spacial score (nSPS) is 19.7. The second kappa shape index (κ2) is 15.8. The first-order valence-electron chi connectivity index (χ1n) is 13.1. The van der Waals surface area contributed by atoms with Gasteiger partial charge in [-0.25, -0.2) is 0 Å². The lowest BCUT2D eigenvalue weighted by atomic mass is 9.93. The first-order valence-corrected chi connectivity index (χ1v) is 13.1. The molecule has 3 rings (SSSR count). The smallest absolute Gasteiger partial charge is 0.119 e. The lowest BCUT2D eigenvalue weighted by molar-refractivity contribution is 0.0322. The molecule has 35 heavy (non-hydrogen) atoms. The Morgan fingerprint density at radius 3 is 2.34 bits per heavy atom. The number of allylic oxidation sites excluding steroid dienone is 4. The molecule has 1 aromatic rings. The number of morpholine rings is 1. The van der Waals surface area contributed by atoms with Crippen molar-refractivity contribution in [1.82, 2.24) is 9.80 Å². The molecule has 2 fully saturated rings. The van der Waals surface area contributed by atoms with E-state index in [2.05, 4.69) is 60.6 Å². The highest BCUT2D eigenvalue weighted by Crippen LogP contribution is 2.25. The van der Waals surface area contributed by atoms with Gasteiger partial charge in [0.05, 0.1) is 26.4 Å². The zero-order valence-electron chi connectivity index (χ0n) is 21.8. The third kappa shape index (κ3) is 10.2. The lowest BCUT2D eigenvalue weighted by Gasteiger charge is -2.26. The molecule has 2 heterocycles. The van der Waals surface area contributed by atoms with E-state index in [0.717, 1.165) is 90.0 Å². The summed E-state index contributed by atoms with van der Waals surface area (Å²) < 4.78 is 22.8. The van der Waals surface area contributed by atoms with E-state index in [-0.39, 0.29) is 0 Å². The van der Waals surface area contributed by atoms with E-state index in [4.69, 9.17) is 18.9 Å². The molecule has 0 spiro atoms. The van der Waals surface area contributed by atoms with Crippen molar-refractivity contribution >= 4 is 0 Å². The maximum Gasteiger partial charge on any atom is 0.119 e. The van der Waals surface area contributed by atoms with Crippen LogP contribution in [0.2, 0.25) is 0 Å². The van der Waals surface area contributed by atoms with E-state index >= 15 is 0 Å². The van der Waals surface area contributed by atoms with Crippen molar-refractivity contribution in [2.45, 2.75) is 32.6 Å². The summed E-state index contributed by atoms with van der Waals surface area (Å²) in [7, 11) is 0. The topological polar surface area (TPSA) is 43.4 Å². The van der Waals surface area contributed by atoms with Crippen LogP contribution in [0.1, 0.15) is 38.2 Å². The fraction of sp³-hybridized carbons (Fsp3) is 0.586. The van der Waals surface area contributed by atoms with E-state index in [1.54, 1.807) is 6.08 Å². The van der Waals surface area contributed by atoms with Crippen LogP contribution in [0, 0.1) is 0 Å². The van der Waals surface area contributed by atoms with E-state index in [9.17, 15) is 0 Å². The molecular weight excluding hydrogens is 440 g/mol. The highest BCUT2D eigenvalue weighted by molar-refractivity contribution is 5.34. The molecule has 1 atom stereocenters. The van der Waals surface area contributed by atoms with Crippen molar-refractivity contribution in [1.29, 1.82) is 0 Å². The highest BCUT2D eigenvalue weighted by Gasteiger charge is 2.11. The van der Waals surface area contributed by atoms with Gasteiger partial charge in [-0.15, -0.1) is 0 Å². The summed E-state index contributed by atoms with van der Waals surface area (Å²) in [6.45, 7) is 19.2. The molecule has 0 aromatic heterocycles. The van der Waals surface area contributed by atoms with Gasteiger partial charge in [0.1, 0.15) is 18.1 Å². The zero-order chi connectivity index (χ0) is 24.7. The van der Waals surface area contributed by atoms with Crippen molar-refractivity contribution in [2.24, 2.45) is 0 Å². The molecule has 1 unspecified atom stereocenters. The Morgan fingerprint density at radius 2 is 1.63 bits per heavy atom. The minimum Gasteiger partial charge on any atom is -0.494 e. The molecule has 194 valence electrons. The molecule has 2 aliphatic heterocycles. The van der Waals surface area contributed by atoms with Crippen molar-refractivity contribution in [3.05, 3.63) is 66.0 Å². The Balaban J connectivity index is 1.40. The zero-order valence-corrected chi connectivity index (χ0v) is 21.8. The Morgan fingerprint density at radius 1 is 0.943 bits per heavy atom. The van der Waals surface area contributed by atoms with Crippen LogP contribution in [-0.2, 0) is 14.2 Å². The van der Waals surface area contributed by atoms with Gasteiger partial charge in [0.25, 0.3) is 0 Å². The van der Waals surface area contributed by atoms with E-state index in [1.807, 2.05) is 6.08 Å². The van der Waals surface area contributed by atoms with Crippen LogP contribution in [0.5, 0.6) is 5.75 Å². The second-order valence-corrected chi connectivity index (χ2v) is 9.29. The fourth-order valence-corrected chi connectivity index (χ4v) is 4.27. The van der Waals surface area contributed by atoms with E-state index < -0.39 is 0 Å². The van der Waals surface area contributed by atoms with Crippen LogP contribution in [-0.4, -0.2) is 88.7 Å². The number of benzene rings is 1. The largest absolute Gasteiger partial charge is 0.494 e. The number of ether oxygens (including phenoxy) is 4. The monoisotopic (exact) mass is 484 g/mol. The summed E-state index contributed by atoms with van der Waals surface area (Å²) >= 11 is 0. The highest BCUT2D eigenvalue weighted by atomic mass is 16.5. The Bertz CT molecular complexity index is 791. The minimum absolute atomic E-state index is 0.310. The van der Waals surface area contributed by atoms with Gasteiger partial charge in [-0.2, -0.15) is 0 Å². The SMILES string of the molecule is C=C/C(=C\C=C(/C)C(C)c1ccc(OCCN2CCOCC2)cc1)OCCCN1CCCOCC1. The first-order chi connectivity index (χ1) is 17.2. The van der Waals surface area contributed by atoms with E-state index in [1.165, 1.54) is 11.1 Å². The van der Waals surface area contributed by atoms with Crippen LogP contribution in [0.3, 0.4) is 0 Å². The van der Waals surface area contributed by atoms with Crippen LogP contribution in [0.15, 0.2) is 60.4 Å². The summed E-state index contributed by atoms with van der Waals surface area (Å²) in [5, 5.41) is 0. The third-order valence-corrected chi connectivity index (χ3v) is 6.76. The molecule has 0 saturated carbocycles.